The van der Waals surface area contributed by atoms with E-state index in [1.54, 1.807) is 6.26 Å². The Morgan fingerprint density at radius 1 is 1.25 bits per heavy atom. The summed E-state index contributed by atoms with van der Waals surface area (Å²) in [5, 5.41) is 0. The standard InChI is InChI=1S/CH4S.Mg.H2O/c1-2;;/h2H,1H3;;1H2. The number of rotatable bonds is 0. The predicted octanol–water partition coefficient (Wildman–Crippen LogP) is -0.930. The molecule has 4 heavy (non-hydrogen) atoms. The molecule has 0 aliphatic carbocycles. The lowest BCUT2D eigenvalue weighted by molar-refractivity contribution is 0.824. The van der Waals surface area contributed by atoms with Gasteiger partial charge < -0.3 is 5.48 Å². The van der Waals surface area contributed by atoms with Crippen LogP contribution in [0.4, 0.5) is 0 Å². The van der Waals surface area contributed by atoms with E-state index >= 15 is 0 Å². The molecular weight excluding hydrogens is 84.4 g/mol. The summed E-state index contributed by atoms with van der Waals surface area (Å²) in [6.07, 6.45) is 1.81. The molecule has 0 aliphatic rings. The van der Waals surface area contributed by atoms with Gasteiger partial charge in [-0.2, -0.15) is 0 Å². The molecular formula is CH6MgOS. The molecule has 0 heterocycles. The number of hydrogen-bond acceptors (Lipinski definition) is 1. The summed E-state index contributed by atoms with van der Waals surface area (Å²) in [5.74, 6) is 0. The Morgan fingerprint density at radius 2 is 1.25 bits per heavy atom. The zero-order valence-corrected chi connectivity index (χ0v) is 5.07. The first kappa shape index (κ1) is 19.6. The fraction of sp³-hybridized carbons (Fsp3) is 1.00. The van der Waals surface area contributed by atoms with Crippen LogP contribution in [-0.4, -0.2) is 34.8 Å². The minimum atomic E-state index is 0. The van der Waals surface area contributed by atoms with Gasteiger partial charge in [0.25, 0.3) is 0 Å². The van der Waals surface area contributed by atoms with Crippen molar-refractivity contribution in [1.29, 1.82) is 0 Å². The fourth-order valence-corrected chi connectivity index (χ4v) is 0. The molecule has 0 saturated heterocycles. The van der Waals surface area contributed by atoms with E-state index in [2.05, 4.69) is 12.6 Å². The molecule has 24 valence electrons. The van der Waals surface area contributed by atoms with Crippen LogP contribution in [0.5, 0.6) is 0 Å². The summed E-state index contributed by atoms with van der Waals surface area (Å²) in [5.41, 5.74) is 0. The molecule has 2 radical (unpaired) electrons. The van der Waals surface area contributed by atoms with E-state index in [9.17, 15) is 0 Å². The maximum atomic E-state index is 2.97. The summed E-state index contributed by atoms with van der Waals surface area (Å²) < 4.78 is 0. The Hall–Kier alpha value is 1.08. The maximum Gasteiger partial charge on any atom is 0.0929 e. The Bertz CT molecular complexity index is 8.00. The van der Waals surface area contributed by atoms with Crippen LogP contribution >= 0.6 is 0 Å². The van der Waals surface area contributed by atoms with Crippen molar-refractivity contribution in [1.82, 2.24) is 0 Å². The van der Waals surface area contributed by atoms with E-state index in [4.69, 9.17) is 0 Å². The van der Waals surface area contributed by atoms with Gasteiger partial charge in [-0.3, -0.25) is 0 Å². The molecule has 0 unspecified atom stereocenters. The Morgan fingerprint density at radius 3 is 1.25 bits per heavy atom. The van der Waals surface area contributed by atoms with Crippen LogP contribution in [-0.2, 0) is 12.6 Å². The van der Waals surface area contributed by atoms with Crippen molar-refractivity contribution < 1.29 is 5.48 Å². The lowest BCUT2D eigenvalue weighted by Crippen LogP contribution is -1.11. The van der Waals surface area contributed by atoms with Gasteiger partial charge >= 0.3 is 0 Å². The average Bonchev–Trinajstić information content (AvgIpc) is 1.00. The van der Waals surface area contributed by atoms with E-state index < -0.39 is 0 Å². The molecule has 0 saturated carbocycles. The van der Waals surface area contributed by atoms with E-state index in [1.807, 2.05) is 0 Å². The SMILES string of the molecule is C[SH2+].[Mg].[OH-]. The Balaban J connectivity index is -0.00000000500. The largest absolute Gasteiger partial charge is 0.870 e. The highest BCUT2D eigenvalue weighted by molar-refractivity contribution is 7.57. The molecule has 0 aliphatic heterocycles. The van der Waals surface area contributed by atoms with Crippen LogP contribution in [0.15, 0.2) is 0 Å². The number of hydrogen-bond donors (Lipinski definition) is 0. The smallest absolute Gasteiger partial charge is 0.0929 e. The van der Waals surface area contributed by atoms with Gasteiger partial charge in [0.1, 0.15) is 0 Å². The van der Waals surface area contributed by atoms with Gasteiger partial charge in [0.15, 0.2) is 0 Å². The summed E-state index contributed by atoms with van der Waals surface area (Å²) in [6.45, 7) is 0. The van der Waals surface area contributed by atoms with E-state index in [-0.39, 0.29) is 28.5 Å². The third-order valence-corrected chi connectivity index (χ3v) is 0. The summed E-state index contributed by atoms with van der Waals surface area (Å²) in [6, 6.07) is 0. The highest BCUT2D eigenvalue weighted by Crippen LogP contribution is 0.902. The second kappa shape index (κ2) is 33.3. The van der Waals surface area contributed by atoms with Crippen LogP contribution in [0.3, 0.4) is 0 Å². The maximum absolute atomic E-state index is 2.97. The van der Waals surface area contributed by atoms with Gasteiger partial charge in [0.2, 0.25) is 0 Å². The molecule has 0 spiro atoms. The van der Waals surface area contributed by atoms with Crippen LogP contribution in [0.25, 0.3) is 0 Å². The Kier molecular flexibility index (Phi) is 163. The van der Waals surface area contributed by atoms with Crippen molar-refractivity contribution >= 4 is 35.7 Å². The zero-order valence-electron chi connectivity index (χ0n) is 2.65. The van der Waals surface area contributed by atoms with Gasteiger partial charge in [0.05, 0.1) is 6.26 Å². The molecule has 0 rings (SSSR count). The van der Waals surface area contributed by atoms with Crippen LogP contribution < -0.4 is 0 Å². The van der Waals surface area contributed by atoms with E-state index in [1.165, 1.54) is 0 Å². The molecule has 1 nitrogen and oxygen atoms in total. The zero-order chi connectivity index (χ0) is 2.00. The lowest BCUT2D eigenvalue weighted by atomic mass is 12.0. The molecule has 0 amide bonds. The van der Waals surface area contributed by atoms with Crippen molar-refractivity contribution in [2.75, 3.05) is 6.26 Å². The molecule has 0 aromatic rings. The summed E-state index contributed by atoms with van der Waals surface area (Å²) >= 11 is 2.97. The first-order valence-corrected chi connectivity index (χ1v) is 1.50. The van der Waals surface area contributed by atoms with Crippen LogP contribution in [0.1, 0.15) is 0 Å². The summed E-state index contributed by atoms with van der Waals surface area (Å²) in [7, 11) is 0. The fourth-order valence-electron chi connectivity index (χ4n) is 0. The quantitative estimate of drug-likeness (QED) is 0.279. The first-order chi connectivity index (χ1) is 1.00. The van der Waals surface area contributed by atoms with Gasteiger partial charge in [-0.1, -0.05) is 0 Å². The molecule has 0 atom stereocenters. The van der Waals surface area contributed by atoms with Gasteiger partial charge in [-0.25, -0.2) is 0 Å². The molecule has 1 N–H and O–H groups in total. The molecule has 0 aromatic carbocycles. The lowest BCUT2D eigenvalue weighted by Gasteiger charge is -0.979. The highest BCUT2D eigenvalue weighted by Gasteiger charge is 1.03. The van der Waals surface area contributed by atoms with E-state index in [0.29, 0.717) is 0 Å². The van der Waals surface area contributed by atoms with Crippen LogP contribution in [0.2, 0.25) is 0 Å². The van der Waals surface area contributed by atoms with E-state index in [0.717, 1.165) is 0 Å². The van der Waals surface area contributed by atoms with Crippen LogP contribution in [0, 0.1) is 0 Å². The summed E-state index contributed by atoms with van der Waals surface area (Å²) in [4.78, 5) is 0. The molecule has 0 aromatic heterocycles. The predicted molar refractivity (Wildman–Crippen MR) is 23.8 cm³/mol. The molecule has 0 fully saturated rings. The van der Waals surface area contributed by atoms with Crippen molar-refractivity contribution in [3.63, 3.8) is 0 Å². The molecule has 0 bridgehead atoms. The molecule has 3 heteroatoms. The first-order valence-electron chi connectivity index (χ1n) is 0.500. The second-order valence-electron chi connectivity index (χ2n) is 0. The van der Waals surface area contributed by atoms with Crippen molar-refractivity contribution in [3.05, 3.63) is 0 Å². The monoisotopic (exact) mass is 90.0 g/mol. The van der Waals surface area contributed by atoms with Crippen molar-refractivity contribution in [3.8, 4) is 0 Å². The van der Waals surface area contributed by atoms with Gasteiger partial charge in [-0.15, -0.1) is 0 Å². The Labute approximate surface area is 47.6 Å². The highest BCUT2D eigenvalue weighted by atomic mass is 32.1. The average molecular weight is 90.4 g/mol. The topological polar surface area (TPSA) is 30.0 Å². The van der Waals surface area contributed by atoms with Gasteiger partial charge in [-0.05, 0) is 12.6 Å². The van der Waals surface area contributed by atoms with Crippen molar-refractivity contribution in [2.24, 2.45) is 0 Å². The normalized spacial score (nSPS) is 1.50. The minimum absolute atomic E-state index is 0. The minimum Gasteiger partial charge on any atom is -0.870 e. The third kappa shape index (κ3) is 11.4. The second-order valence-corrected chi connectivity index (χ2v) is 0. The van der Waals surface area contributed by atoms with Gasteiger partial charge in [0, 0.05) is 23.1 Å². The third-order valence-electron chi connectivity index (χ3n) is 0. The van der Waals surface area contributed by atoms with Crippen molar-refractivity contribution in [2.45, 2.75) is 0 Å².